The fourth-order valence-corrected chi connectivity index (χ4v) is 3.61. The zero-order chi connectivity index (χ0) is 19.4. The van der Waals surface area contributed by atoms with Crippen molar-refractivity contribution < 1.29 is 8.78 Å². The number of halogens is 2. The van der Waals surface area contributed by atoms with E-state index in [4.69, 9.17) is 24.4 Å². The Kier molecular flexibility index (Phi) is 6.18. The van der Waals surface area contributed by atoms with E-state index in [-0.39, 0.29) is 17.7 Å². The molecule has 1 aliphatic heterocycles. The summed E-state index contributed by atoms with van der Waals surface area (Å²) in [7, 11) is 0. The molecule has 0 aromatic heterocycles. The van der Waals surface area contributed by atoms with E-state index >= 15 is 0 Å². The Balaban J connectivity index is 1.58. The molecule has 142 valence electrons. The van der Waals surface area contributed by atoms with Crippen LogP contribution in [0, 0.1) is 11.6 Å². The highest BCUT2D eigenvalue weighted by molar-refractivity contribution is 7.80. The highest BCUT2D eigenvalue weighted by Gasteiger charge is 2.27. The fraction of sp³-hybridized carbons (Fsp3) is 0.263. The number of anilines is 2. The van der Waals surface area contributed by atoms with Crippen molar-refractivity contribution in [3.8, 4) is 0 Å². The van der Waals surface area contributed by atoms with E-state index in [9.17, 15) is 8.78 Å². The van der Waals surface area contributed by atoms with Crippen molar-refractivity contribution in [3.05, 3.63) is 60.2 Å². The zero-order valence-electron chi connectivity index (χ0n) is 14.8. The number of thiocarbonyl (C=S) groups is 2. The molecule has 1 aliphatic rings. The standard InChI is InChI=1S/C19H20F2N4S2/c1-13-12-24(18(26)22-16-8-4-2-6-14(16)20)10-11-25(13)19(27)23-17-9-5-3-7-15(17)21/h2-9,13H,10-12H2,1H3,(H,22,26)(H,23,27)/t13-/m0/s1. The van der Waals surface area contributed by atoms with Gasteiger partial charge >= 0.3 is 0 Å². The summed E-state index contributed by atoms with van der Waals surface area (Å²) in [4.78, 5) is 3.98. The largest absolute Gasteiger partial charge is 0.345 e. The van der Waals surface area contributed by atoms with E-state index < -0.39 is 0 Å². The summed E-state index contributed by atoms with van der Waals surface area (Å²) < 4.78 is 27.6. The minimum atomic E-state index is -0.346. The molecule has 1 atom stereocenters. The molecule has 0 unspecified atom stereocenters. The van der Waals surface area contributed by atoms with Crippen LogP contribution in [0.15, 0.2) is 48.5 Å². The lowest BCUT2D eigenvalue weighted by molar-refractivity contribution is 0.200. The first-order valence-electron chi connectivity index (χ1n) is 8.58. The van der Waals surface area contributed by atoms with E-state index in [0.29, 0.717) is 41.2 Å². The van der Waals surface area contributed by atoms with Gasteiger partial charge in [-0.05, 0) is 55.6 Å². The maximum absolute atomic E-state index is 13.8. The van der Waals surface area contributed by atoms with Gasteiger partial charge in [-0.25, -0.2) is 8.78 Å². The van der Waals surface area contributed by atoms with Gasteiger partial charge in [0.25, 0.3) is 0 Å². The van der Waals surface area contributed by atoms with Crippen molar-refractivity contribution >= 4 is 46.0 Å². The van der Waals surface area contributed by atoms with Gasteiger partial charge < -0.3 is 20.4 Å². The number of benzene rings is 2. The molecule has 0 saturated carbocycles. The molecule has 0 aliphatic carbocycles. The Morgan fingerprint density at radius 2 is 1.41 bits per heavy atom. The molecular weight excluding hydrogens is 386 g/mol. The van der Waals surface area contributed by atoms with Gasteiger partial charge in [-0.3, -0.25) is 0 Å². The molecule has 0 bridgehead atoms. The number of piperazine rings is 1. The molecule has 4 nitrogen and oxygen atoms in total. The second-order valence-electron chi connectivity index (χ2n) is 6.31. The molecule has 1 heterocycles. The zero-order valence-corrected chi connectivity index (χ0v) is 16.4. The quantitative estimate of drug-likeness (QED) is 0.732. The van der Waals surface area contributed by atoms with E-state index in [1.54, 1.807) is 36.4 Å². The first-order valence-corrected chi connectivity index (χ1v) is 9.40. The van der Waals surface area contributed by atoms with Crippen LogP contribution in [0.25, 0.3) is 0 Å². The Bertz CT molecular complexity index is 846. The van der Waals surface area contributed by atoms with E-state index in [1.807, 2.05) is 16.7 Å². The summed E-state index contributed by atoms with van der Waals surface area (Å²) in [5.41, 5.74) is 0.711. The highest BCUT2D eigenvalue weighted by atomic mass is 32.1. The van der Waals surface area contributed by atoms with E-state index in [1.165, 1.54) is 12.1 Å². The van der Waals surface area contributed by atoms with Gasteiger partial charge in [-0.1, -0.05) is 24.3 Å². The van der Waals surface area contributed by atoms with E-state index in [0.717, 1.165) is 0 Å². The average Bonchev–Trinajstić information content (AvgIpc) is 2.65. The Labute approximate surface area is 168 Å². The van der Waals surface area contributed by atoms with Crippen molar-refractivity contribution in [2.45, 2.75) is 13.0 Å². The van der Waals surface area contributed by atoms with Crippen molar-refractivity contribution in [2.24, 2.45) is 0 Å². The summed E-state index contributed by atoms with van der Waals surface area (Å²) in [5.74, 6) is -0.691. The lowest BCUT2D eigenvalue weighted by Crippen LogP contribution is -2.57. The van der Waals surface area contributed by atoms with Crippen LogP contribution in [0.2, 0.25) is 0 Å². The maximum atomic E-state index is 13.8. The molecule has 0 radical (unpaired) electrons. The van der Waals surface area contributed by atoms with Crippen LogP contribution in [0.4, 0.5) is 20.2 Å². The van der Waals surface area contributed by atoms with Gasteiger partial charge in [0.05, 0.1) is 11.4 Å². The first-order chi connectivity index (χ1) is 13.0. The second kappa shape index (κ2) is 8.58. The fourth-order valence-electron chi connectivity index (χ4n) is 2.95. The van der Waals surface area contributed by atoms with Crippen LogP contribution < -0.4 is 10.6 Å². The molecule has 2 aromatic rings. The molecule has 0 amide bonds. The number of hydrogen-bond acceptors (Lipinski definition) is 2. The van der Waals surface area contributed by atoms with Gasteiger partial charge in [-0.15, -0.1) is 0 Å². The van der Waals surface area contributed by atoms with Gasteiger partial charge in [0, 0.05) is 25.7 Å². The average molecular weight is 407 g/mol. The summed E-state index contributed by atoms with van der Waals surface area (Å²) in [6.07, 6.45) is 0. The van der Waals surface area contributed by atoms with Crippen LogP contribution in [0.5, 0.6) is 0 Å². The molecule has 27 heavy (non-hydrogen) atoms. The number of rotatable bonds is 2. The predicted molar refractivity (Wildman–Crippen MR) is 113 cm³/mol. The third-order valence-electron chi connectivity index (χ3n) is 4.41. The Hall–Kier alpha value is -2.32. The normalized spacial score (nSPS) is 16.8. The van der Waals surface area contributed by atoms with Gasteiger partial charge in [0.1, 0.15) is 11.6 Å². The lowest BCUT2D eigenvalue weighted by atomic mass is 10.2. The minimum absolute atomic E-state index is 0.0610. The lowest BCUT2D eigenvalue weighted by Gasteiger charge is -2.42. The molecule has 0 spiro atoms. The van der Waals surface area contributed by atoms with Crippen LogP contribution >= 0.6 is 24.4 Å². The monoisotopic (exact) mass is 406 g/mol. The topological polar surface area (TPSA) is 30.5 Å². The molecule has 1 saturated heterocycles. The first kappa shape index (κ1) is 19.4. The molecule has 1 fully saturated rings. The van der Waals surface area contributed by atoms with Gasteiger partial charge in [-0.2, -0.15) is 0 Å². The van der Waals surface area contributed by atoms with Crippen LogP contribution in [0.3, 0.4) is 0 Å². The Morgan fingerprint density at radius 3 is 1.93 bits per heavy atom. The smallest absolute Gasteiger partial charge is 0.173 e. The molecule has 8 heteroatoms. The third kappa shape index (κ3) is 4.70. The van der Waals surface area contributed by atoms with Crippen molar-refractivity contribution in [1.29, 1.82) is 0 Å². The number of nitrogens with zero attached hydrogens (tertiary/aromatic N) is 2. The number of para-hydroxylation sites is 2. The summed E-state index contributed by atoms with van der Waals surface area (Å²) in [5, 5.41) is 6.87. The predicted octanol–water partition coefficient (Wildman–Crippen LogP) is 4.06. The van der Waals surface area contributed by atoms with Gasteiger partial charge in [0.15, 0.2) is 10.2 Å². The summed E-state index contributed by atoms with van der Waals surface area (Å²) in [6.45, 7) is 3.90. The highest BCUT2D eigenvalue weighted by Crippen LogP contribution is 2.18. The third-order valence-corrected chi connectivity index (χ3v) is 5.10. The van der Waals surface area contributed by atoms with Crippen molar-refractivity contribution in [2.75, 3.05) is 30.3 Å². The van der Waals surface area contributed by atoms with Gasteiger partial charge in [0.2, 0.25) is 0 Å². The maximum Gasteiger partial charge on any atom is 0.173 e. The molecule has 2 N–H and O–H groups in total. The van der Waals surface area contributed by atoms with Crippen LogP contribution in [-0.4, -0.2) is 45.7 Å². The molecule has 3 rings (SSSR count). The van der Waals surface area contributed by atoms with Crippen molar-refractivity contribution in [1.82, 2.24) is 9.80 Å². The summed E-state index contributed by atoms with van der Waals surface area (Å²) >= 11 is 10.9. The summed E-state index contributed by atoms with van der Waals surface area (Å²) in [6, 6.07) is 12.9. The number of nitrogens with one attached hydrogen (secondary N) is 2. The second-order valence-corrected chi connectivity index (χ2v) is 7.08. The SMILES string of the molecule is C[C@H]1CN(C(=S)Nc2ccccc2F)CCN1C(=S)Nc1ccccc1F. The van der Waals surface area contributed by atoms with Crippen molar-refractivity contribution in [3.63, 3.8) is 0 Å². The molecular formula is C19H20F2N4S2. The van der Waals surface area contributed by atoms with Crippen LogP contribution in [0.1, 0.15) is 6.92 Å². The minimum Gasteiger partial charge on any atom is -0.345 e. The molecule has 2 aromatic carbocycles. The van der Waals surface area contributed by atoms with Crippen LogP contribution in [-0.2, 0) is 0 Å². The Morgan fingerprint density at radius 1 is 0.889 bits per heavy atom. The van der Waals surface area contributed by atoms with E-state index in [2.05, 4.69) is 10.6 Å². The number of hydrogen-bond donors (Lipinski definition) is 2.